The fourth-order valence-electron chi connectivity index (χ4n) is 3.78. The second kappa shape index (κ2) is 7.88. The van der Waals surface area contributed by atoms with E-state index in [-0.39, 0.29) is 5.82 Å². The zero-order valence-electron chi connectivity index (χ0n) is 15.1. The van der Waals surface area contributed by atoms with Gasteiger partial charge >= 0.3 is 0 Å². The van der Waals surface area contributed by atoms with Crippen molar-refractivity contribution in [3.8, 4) is 0 Å². The molecule has 0 radical (unpaired) electrons. The van der Waals surface area contributed by atoms with Crippen LogP contribution in [0, 0.1) is 5.82 Å². The number of halogens is 1. The van der Waals surface area contributed by atoms with E-state index in [0.29, 0.717) is 0 Å². The van der Waals surface area contributed by atoms with Crippen molar-refractivity contribution in [2.24, 2.45) is 0 Å². The second-order valence-corrected chi connectivity index (χ2v) is 7.09. The number of hydrogen-bond donors (Lipinski definition) is 0. The maximum atomic E-state index is 13.1. The lowest BCUT2D eigenvalue weighted by Gasteiger charge is -2.36. The van der Waals surface area contributed by atoms with Crippen molar-refractivity contribution >= 4 is 16.5 Å². The molecule has 1 heterocycles. The molecule has 3 aromatic rings. The highest BCUT2D eigenvalue weighted by Gasteiger charge is 2.16. The first-order chi connectivity index (χ1) is 12.8. The van der Waals surface area contributed by atoms with Gasteiger partial charge in [-0.2, -0.15) is 0 Å². The molecule has 0 aliphatic carbocycles. The molecule has 26 heavy (non-hydrogen) atoms. The minimum Gasteiger partial charge on any atom is -0.369 e. The van der Waals surface area contributed by atoms with Gasteiger partial charge in [-0.1, -0.05) is 42.5 Å². The molecule has 0 bridgehead atoms. The molecule has 1 aliphatic rings. The predicted molar refractivity (Wildman–Crippen MR) is 107 cm³/mol. The molecule has 1 fully saturated rings. The Bertz CT molecular complexity index is 851. The van der Waals surface area contributed by atoms with E-state index >= 15 is 0 Å². The minimum atomic E-state index is -0.166. The molecule has 0 aromatic heterocycles. The molecule has 0 amide bonds. The number of benzene rings is 3. The summed E-state index contributed by atoms with van der Waals surface area (Å²) in [6.07, 6.45) is 2.32. The molecule has 0 unspecified atom stereocenters. The molecule has 134 valence electrons. The van der Waals surface area contributed by atoms with Crippen LogP contribution in [-0.4, -0.2) is 37.6 Å². The molecule has 0 atom stereocenters. The molecular formula is C23H25FN2. The average Bonchev–Trinajstić information content (AvgIpc) is 2.69. The van der Waals surface area contributed by atoms with E-state index in [1.54, 1.807) is 12.1 Å². The molecule has 0 saturated carbocycles. The third kappa shape index (κ3) is 4.05. The first-order valence-corrected chi connectivity index (χ1v) is 9.48. The van der Waals surface area contributed by atoms with Crippen LogP contribution < -0.4 is 4.90 Å². The monoisotopic (exact) mass is 348 g/mol. The number of aryl methyl sites for hydroxylation is 1. The van der Waals surface area contributed by atoms with Crippen LogP contribution >= 0.6 is 0 Å². The Morgan fingerprint density at radius 1 is 0.769 bits per heavy atom. The lowest BCUT2D eigenvalue weighted by molar-refractivity contribution is 0.255. The minimum absolute atomic E-state index is 0.166. The van der Waals surface area contributed by atoms with E-state index in [9.17, 15) is 4.39 Å². The number of anilines is 1. The molecule has 3 aromatic carbocycles. The zero-order valence-corrected chi connectivity index (χ0v) is 15.1. The molecule has 1 saturated heterocycles. The van der Waals surface area contributed by atoms with Crippen LogP contribution in [0.25, 0.3) is 10.8 Å². The molecule has 4 rings (SSSR count). The Morgan fingerprint density at radius 3 is 2.27 bits per heavy atom. The maximum absolute atomic E-state index is 13.1. The van der Waals surface area contributed by atoms with Crippen molar-refractivity contribution in [1.82, 2.24) is 4.90 Å². The molecule has 2 nitrogen and oxygen atoms in total. The van der Waals surface area contributed by atoms with E-state index < -0.39 is 0 Å². The van der Waals surface area contributed by atoms with Gasteiger partial charge in [-0.15, -0.1) is 0 Å². The molecule has 0 N–H and O–H groups in total. The van der Waals surface area contributed by atoms with Crippen LogP contribution in [0.15, 0.2) is 66.7 Å². The van der Waals surface area contributed by atoms with Gasteiger partial charge < -0.3 is 4.90 Å². The summed E-state index contributed by atoms with van der Waals surface area (Å²) < 4.78 is 13.1. The van der Waals surface area contributed by atoms with E-state index in [1.807, 2.05) is 12.1 Å². The van der Waals surface area contributed by atoms with E-state index in [2.05, 4.69) is 52.3 Å². The van der Waals surface area contributed by atoms with Crippen molar-refractivity contribution < 1.29 is 4.39 Å². The van der Waals surface area contributed by atoms with Gasteiger partial charge in [0.05, 0.1) is 0 Å². The Balaban J connectivity index is 1.25. The second-order valence-electron chi connectivity index (χ2n) is 7.09. The fourth-order valence-corrected chi connectivity index (χ4v) is 3.78. The molecule has 0 spiro atoms. The van der Waals surface area contributed by atoms with Crippen LogP contribution in [0.3, 0.4) is 0 Å². The van der Waals surface area contributed by atoms with Gasteiger partial charge in [-0.3, -0.25) is 4.90 Å². The average molecular weight is 348 g/mol. The normalized spacial score (nSPS) is 15.5. The van der Waals surface area contributed by atoms with Gasteiger partial charge in [0.1, 0.15) is 5.82 Å². The van der Waals surface area contributed by atoms with Crippen LogP contribution in [-0.2, 0) is 6.42 Å². The van der Waals surface area contributed by atoms with Crippen LogP contribution in [0.2, 0.25) is 0 Å². The van der Waals surface area contributed by atoms with Crippen LogP contribution in [0.5, 0.6) is 0 Å². The van der Waals surface area contributed by atoms with Gasteiger partial charge in [0.15, 0.2) is 0 Å². The third-order valence-electron chi connectivity index (χ3n) is 5.32. The number of hydrogen-bond acceptors (Lipinski definition) is 2. The van der Waals surface area contributed by atoms with Crippen molar-refractivity contribution in [2.75, 3.05) is 37.6 Å². The van der Waals surface area contributed by atoms with E-state index in [4.69, 9.17) is 0 Å². The summed E-state index contributed by atoms with van der Waals surface area (Å²) in [6, 6.07) is 22.2. The van der Waals surface area contributed by atoms with Crippen molar-refractivity contribution in [2.45, 2.75) is 12.8 Å². The first-order valence-electron chi connectivity index (χ1n) is 9.48. The smallest absolute Gasteiger partial charge is 0.123 e. The summed E-state index contributed by atoms with van der Waals surface area (Å²) in [4.78, 5) is 4.89. The first kappa shape index (κ1) is 17.0. The summed E-state index contributed by atoms with van der Waals surface area (Å²) in [7, 11) is 0. The van der Waals surface area contributed by atoms with Gasteiger partial charge in [0, 0.05) is 31.9 Å². The van der Waals surface area contributed by atoms with Crippen molar-refractivity contribution in [3.63, 3.8) is 0 Å². The summed E-state index contributed by atoms with van der Waals surface area (Å²) in [5.41, 5.74) is 2.55. The highest BCUT2D eigenvalue weighted by atomic mass is 19.1. The summed E-state index contributed by atoms with van der Waals surface area (Å²) in [6.45, 7) is 5.33. The number of fused-ring (bicyclic) bond motifs is 1. The fraction of sp³-hybridized carbons (Fsp3) is 0.304. The maximum Gasteiger partial charge on any atom is 0.123 e. The summed E-state index contributed by atoms with van der Waals surface area (Å²) in [5.74, 6) is -0.166. The number of rotatable bonds is 5. The Hall–Kier alpha value is -2.39. The lowest BCUT2D eigenvalue weighted by Crippen LogP contribution is -2.46. The standard InChI is InChI=1S/C23H25FN2/c24-22-9-11-23(12-10-22)26-16-14-25(15-17-26)13-3-4-19-7-8-20-5-1-2-6-21(20)18-19/h1-2,5-12,18H,3-4,13-17H2. The number of piperazine rings is 1. The van der Waals surface area contributed by atoms with Crippen LogP contribution in [0.1, 0.15) is 12.0 Å². The zero-order chi connectivity index (χ0) is 17.8. The lowest BCUT2D eigenvalue weighted by atomic mass is 10.0. The van der Waals surface area contributed by atoms with E-state index in [1.165, 1.54) is 22.8 Å². The topological polar surface area (TPSA) is 6.48 Å². The van der Waals surface area contributed by atoms with E-state index in [0.717, 1.165) is 44.8 Å². The highest BCUT2D eigenvalue weighted by molar-refractivity contribution is 5.82. The SMILES string of the molecule is Fc1ccc(N2CCN(CCCc3ccc4ccccc4c3)CC2)cc1. The van der Waals surface area contributed by atoms with Crippen molar-refractivity contribution in [1.29, 1.82) is 0 Å². The van der Waals surface area contributed by atoms with Gasteiger partial charge in [0.2, 0.25) is 0 Å². The largest absolute Gasteiger partial charge is 0.369 e. The molecular weight excluding hydrogens is 323 g/mol. The predicted octanol–water partition coefficient (Wildman–Crippen LogP) is 4.73. The number of nitrogens with zero attached hydrogens (tertiary/aromatic N) is 2. The Kier molecular flexibility index (Phi) is 5.16. The molecule has 1 aliphatic heterocycles. The highest BCUT2D eigenvalue weighted by Crippen LogP contribution is 2.18. The molecule has 3 heteroatoms. The Morgan fingerprint density at radius 2 is 1.50 bits per heavy atom. The summed E-state index contributed by atoms with van der Waals surface area (Å²) in [5, 5.41) is 2.64. The van der Waals surface area contributed by atoms with Gasteiger partial charge in [-0.05, 0) is 60.0 Å². The Labute approximate surface area is 154 Å². The summed E-state index contributed by atoms with van der Waals surface area (Å²) >= 11 is 0. The van der Waals surface area contributed by atoms with Crippen LogP contribution in [0.4, 0.5) is 10.1 Å². The van der Waals surface area contributed by atoms with Crippen molar-refractivity contribution in [3.05, 3.63) is 78.1 Å². The third-order valence-corrected chi connectivity index (χ3v) is 5.32. The van der Waals surface area contributed by atoms with Gasteiger partial charge in [-0.25, -0.2) is 4.39 Å². The quantitative estimate of drug-likeness (QED) is 0.657. The van der Waals surface area contributed by atoms with Gasteiger partial charge in [0.25, 0.3) is 0 Å².